The third-order valence-electron chi connectivity index (χ3n) is 1.73. The third-order valence-corrected chi connectivity index (χ3v) is 2.24. The van der Waals surface area contributed by atoms with Crippen LogP contribution in [-0.4, -0.2) is 16.2 Å². The van der Waals surface area contributed by atoms with Crippen LogP contribution in [0.5, 0.6) is 5.75 Å². The van der Waals surface area contributed by atoms with E-state index < -0.39 is 23.1 Å². The van der Waals surface area contributed by atoms with E-state index in [2.05, 4.69) is 15.9 Å². The van der Waals surface area contributed by atoms with Crippen molar-refractivity contribution in [2.45, 2.75) is 6.18 Å². The van der Waals surface area contributed by atoms with E-state index in [1.807, 2.05) is 0 Å². The molecule has 2 nitrogen and oxygen atoms in total. The summed E-state index contributed by atoms with van der Waals surface area (Å²) in [6.45, 7) is 0. The van der Waals surface area contributed by atoms with E-state index in [1.165, 1.54) is 0 Å². The zero-order chi connectivity index (χ0) is 11.6. The van der Waals surface area contributed by atoms with Crippen molar-refractivity contribution < 1.29 is 23.1 Å². The Hall–Kier alpha value is -1.04. The van der Waals surface area contributed by atoms with Gasteiger partial charge in [-0.1, -0.05) is 15.9 Å². The molecule has 0 fully saturated rings. The molecule has 0 aromatic heterocycles. The predicted octanol–water partition coefficient (Wildman–Crippen LogP) is 2.99. The van der Waals surface area contributed by atoms with Crippen LogP contribution in [0.15, 0.2) is 18.2 Å². The molecular weight excluding hydrogens is 277 g/mol. The number of phenolic OH excluding ortho intramolecular Hbond substituents is 1. The first-order valence-corrected chi connectivity index (χ1v) is 4.97. The Morgan fingerprint density at radius 2 is 2.00 bits per heavy atom. The maximum Gasteiger partial charge on any atom is 0.417 e. The lowest BCUT2D eigenvalue weighted by molar-refractivity contribution is -0.137. The number of rotatable bonds is 2. The molecule has 1 N–H and O–H groups in total. The monoisotopic (exact) mass is 282 g/mol. The Labute approximate surface area is 91.8 Å². The first kappa shape index (κ1) is 12.0. The van der Waals surface area contributed by atoms with Crippen LogP contribution < -0.4 is 0 Å². The zero-order valence-corrected chi connectivity index (χ0v) is 8.89. The highest BCUT2D eigenvalue weighted by atomic mass is 79.9. The molecule has 0 heterocycles. The van der Waals surface area contributed by atoms with Crippen LogP contribution in [0.3, 0.4) is 0 Å². The highest BCUT2D eigenvalue weighted by Gasteiger charge is 2.34. The van der Waals surface area contributed by atoms with Gasteiger partial charge in [0.15, 0.2) is 5.78 Å². The molecule has 0 amide bonds. The van der Waals surface area contributed by atoms with Gasteiger partial charge in [-0.25, -0.2) is 0 Å². The van der Waals surface area contributed by atoms with E-state index >= 15 is 0 Å². The van der Waals surface area contributed by atoms with Crippen molar-refractivity contribution in [2.75, 3.05) is 5.33 Å². The summed E-state index contributed by atoms with van der Waals surface area (Å²) in [6.07, 6.45) is -4.60. The number of hydrogen-bond donors (Lipinski definition) is 1. The summed E-state index contributed by atoms with van der Waals surface area (Å²) in [5.74, 6) is -1.09. The molecule has 0 spiro atoms. The summed E-state index contributed by atoms with van der Waals surface area (Å²) in [7, 11) is 0. The predicted molar refractivity (Wildman–Crippen MR) is 51.2 cm³/mol. The highest BCUT2D eigenvalue weighted by molar-refractivity contribution is 9.09. The Bertz CT molecular complexity index is 387. The summed E-state index contributed by atoms with van der Waals surface area (Å²) in [5, 5.41) is 8.79. The van der Waals surface area contributed by atoms with Crippen LogP contribution >= 0.6 is 15.9 Å². The van der Waals surface area contributed by atoms with Crippen LogP contribution in [0.4, 0.5) is 13.2 Å². The number of carbonyl (C=O) groups excluding carboxylic acids is 1. The van der Waals surface area contributed by atoms with E-state index in [0.29, 0.717) is 6.07 Å². The van der Waals surface area contributed by atoms with E-state index in [1.54, 1.807) is 0 Å². The second-order valence-corrected chi connectivity index (χ2v) is 3.35. The average Bonchev–Trinajstić information content (AvgIpc) is 2.14. The molecule has 0 bridgehead atoms. The molecular formula is C9H6BrF3O2. The van der Waals surface area contributed by atoms with Gasteiger partial charge in [0.05, 0.1) is 10.9 Å². The van der Waals surface area contributed by atoms with Crippen molar-refractivity contribution in [3.8, 4) is 5.75 Å². The maximum absolute atomic E-state index is 12.4. The SMILES string of the molecule is O=C(CBr)c1cc(O)ccc1C(F)(F)F. The van der Waals surface area contributed by atoms with Crippen molar-refractivity contribution in [1.82, 2.24) is 0 Å². The van der Waals surface area contributed by atoms with Crippen molar-refractivity contribution >= 4 is 21.7 Å². The van der Waals surface area contributed by atoms with Gasteiger partial charge in [-0.3, -0.25) is 4.79 Å². The quantitative estimate of drug-likeness (QED) is 0.669. The molecule has 82 valence electrons. The molecule has 0 aliphatic heterocycles. The molecule has 6 heteroatoms. The summed E-state index contributed by atoms with van der Waals surface area (Å²) in [5.41, 5.74) is -1.57. The van der Waals surface area contributed by atoms with E-state index in [9.17, 15) is 18.0 Å². The molecule has 0 radical (unpaired) electrons. The lowest BCUT2D eigenvalue weighted by atomic mass is 10.0. The number of carbonyl (C=O) groups is 1. The maximum atomic E-state index is 12.4. The van der Waals surface area contributed by atoms with Gasteiger partial charge < -0.3 is 5.11 Å². The third kappa shape index (κ3) is 2.71. The van der Waals surface area contributed by atoms with Gasteiger partial charge in [-0.2, -0.15) is 13.2 Å². The van der Waals surface area contributed by atoms with Crippen LogP contribution in [-0.2, 0) is 6.18 Å². The van der Waals surface area contributed by atoms with E-state index in [4.69, 9.17) is 5.11 Å². The minimum Gasteiger partial charge on any atom is -0.508 e. The molecule has 1 aromatic carbocycles. The number of Topliss-reactive ketones (excluding diaryl/α,β-unsaturated/α-hetero) is 1. The van der Waals surface area contributed by atoms with E-state index in [0.717, 1.165) is 12.1 Å². The van der Waals surface area contributed by atoms with Gasteiger partial charge >= 0.3 is 6.18 Å². The lowest BCUT2D eigenvalue weighted by Gasteiger charge is -2.11. The largest absolute Gasteiger partial charge is 0.508 e. The molecule has 1 aromatic rings. The van der Waals surface area contributed by atoms with Crippen molar-refractivity contribution in [3.05, 3.63) is 29.3 Å². The fourth-order valence-corrected chi connectivity index (χ4v) is 1.38. The summed E-state index contributed by atoms with van der Waals surface area (Å²) in [4.78, 5) is 11.2. The van der Waals surface area contributed by atoms with Gasteiger partial charge in [0, 0.05) is 5.56 Å². The molecule has 0 unspecified atom stereocenters. The Morgan fingerprint density at radius 3 is 2.47 bits per heavy atom. The number of aromatic hydroxyl groups is 1. The van der Waals surface area contributed by atoms with E-state index in [-0.39, 0.29) is 11.1 Å². The first-order chi connectivity index (χ1) is 6.86. The van der Waals surface area contributed by atoms with Gasteiger partial charge in [0.2, 0.25) is 0 Å². The number of halogens is 4. The van der Waals surface area contributed by atoms with Gasteiger partial charge in [-0.15, -0.1) is 0 Å². The van der Waals surface area contributed by atoms with Crippen molar-refractivity contribution in [3.63, 3.8) is 0 Å². The fraction of sp³-hybridized carbons (Fsp3) is 0.222. The van der Waals surface area contributed by atoms with Gasteiger partial charge in [0.1, 0.15) is 5.75 Å². The number of ketones is 1. The summed E-state index contributed by atoms with van der Waals surface area (Å²) in [6, 6.07) is 2.39. The second kappa shape index (κ2) is 4.22. The van der Waals surface area contributed by atoms with Crippen LogP contribution in [0.25, 0.3) is 0 Å². The second-order valence-electron chi connectivity index (χ2n) is 2.78. The normalized spacial score (nSPS) is 11.5. The fourth-order valence-electron chi connectivity index (χ4n) is 1.08. The molecule has 0 saturated carbocycles. The zero-order valence-electron chi connectivity index (χ0n) is 7.31. The average molecular weight is 283 g/mol. The molecule has 0 aliphatic carbocycles. The van der Waals surface area contributed by atoms with Crippen LogP contribution in [0, 0.1) is 0 Å². The molecule has 0 atom stereocenters. The minimum absolute atomic E-state index is 0.223. The molecule has 0 saturated heterocycles. The molecule has 1 rings (SSSR count). The van der Waals surface area contributed by atoms with Crippen molar-refractivity contribution in [2.24, 2.45) is 0 Å². The summed E-state index contributed by atoms with van der Waals surface area (Å²) < 4.78 is 37.3. The topological polar surface area (TPSA) is 37.3 Å². The Balaban J connectivity index is 3.33. The molecule has 15 heavy (non-hydrogen) atoms. The Morgan fingerprint density at radius 1 is 1.40 bits per heavy atom. The Kier molecular flexibility index (Phi) is 3.38. The van der Waals surface area contributed by atoms with Crippen molar-refractivity contribution in [1.29, 1.82) is 0 Å². The lowest BCUT2D eigenvalue weighted by Crippen LogP contribution is -2.13. The molecule has 0 aliphatic rings. The number of alkyl halides is 4. The summed E-state index contributed by atoms with van der Waals surface area (Å²) >= 11 is 2.78. The van der Waals surface area contributed by atoms with Gasteiger partial charge in [-0.05, 0) is 18.2 Å². The standard InChI is InChI=1S/C9H6BrF3O2/c10-4-8(15)6-3-5(14)1-2-7(6)9(11,12)13/h1-3,14H,4H2. The van der Waals surface area contributed by atoms with Crippen LogP contribution in [0.2, 0.25) is 0 Å². The minimum atomic E-state index is -4.60. The smallest absolute Gasteiger partial charge is 0.417 e. The number of hydrogen-bond acceptors (Lipinski definition) is 2. The number of phenols is 1. The number of benzene rings is 1. The van der Waals surface area contributed by atoms with Crippen LogP contribution in [0.1, 0.15) is 15.9 Å². The highest BCUT2D eigenvalue weighted by Crippen LogP contribution is 2.33. The first-order valence-electron chi connectivity index (χ1n) is 3.85. The van der Waals surface area contributed by atoms with Gasteiger partial charge in [0.25, 0.3) is 0 Å².